The number of amides is 5. The molecule has 0 spiro atoms. The molecule has 0 radical (unpaired) electrons. The fourth-order valence-electron chi connectivity index (χ4n) is 4.83. The number of carbonyl (C=O) groups is 3. The van der Waals surface area contributed by atoms with Gasteiger partial charge >= 0.3 is 18.2 Å². The van der Waals surface area contributed by atoms with E-state index in [0.29, 0.717) is 11.4 Å². The van der Waals surface area contributed by atoms with Crippen LogP contribution in [-0.2, 0) is 6.18 Å². The van der Waals surface area contributed by atoms with Crippen molar-refractivity contribution in [2.24, 2.45) is 5.92 Å². The standard InChI is InChI=1S/C32H36F3N5O6/c1-19-16-40(20(2)18-41)29(42)25-6-5-7-26(38-30(43)36-22-10-8-21(9-11-22)32(33,34)35)28(25)46-27(19)17-39(3)31(44)37-23-12-14-24(45-4)15-13-23/h5-15,19-20,27,41H,16-18H2,1-4H3,(H,37,44)(H2,36,38,43)/t19-,20+,27+/m0/s1. The molecule has 0 unspecified atom stereocenters. The first-order valence-corrected chi connectivity index (χ1v) is 14.4. The van der Waals surface area contributed by atoms with E-state index in [0.717, 1.165) is 24.3 Å². The Kier molecular flexibility index (Phi) is 10.6. The molecule has 11 nitrogen and oxygen atoms in total. The maximum Gasteiger partial charge on any atom is 0.416 e. The molecule has 246 valence electrons. The van der Waals surface area contributed by atoms with Gasteiger partial charge in [0.15, 0.2) is 5.75 Å². The highest BCUT2D eigenvalue weighted by molar-refractivity contribution is 6.04. The number of carbonyl (C=O) groups excluding carboxylic acids is 3. The van der Waals surface area contributed by atoms with Crippen molar-refractivity contribution < 1.29 is 42.1 Å². The maximum atomic E-state index is 13.7. The number of anilines is 3. The van der Waals surface area contributed by atoms with Crippen LogP contribution in [0.2, 0.25) is 0 Å². The zero-order valence-electron chi connectivity index (χ0n) is 25.7. The summed E-state index contributed by atoms with van der Waals surface area (Å²) in [4.78, 5) is 42.7. The molecule has 3 atom stereocenters. The number of halogens is 3. The van der Waals surface area contributed by atoms with Crippen molar-refractivity contribution in [1.29, 1.82) is 0 Å². The van der Waals surface area contributed by atoms with Gasteiger partial charge in [-0.15, -0.1) is 0 Å². The van der Waals surface area contributed by atoms with Crippen LogP contribution in [0.1, 0.15) is 29.8 Å². The molecule has 46 heavy (non-hydrogen) atoms. The number of rotatable bonds is 8. The molecule has 1 heterocycles. The van der Waals surface area contributed by atoms with Crippen molar-refractivity contribution in [3.05, 3.63) is 77.9 Å². The monoisotopic (exact) mass is 643 g/mol. The Morgan fingerprint density at radius 3 is 2.28 bits per heavy atom. The van der Waals surface area contributed by atoms with E-state index in [1.54, 1.807) is 51.4 Å². The number of hydrogen-bond donors (Lipinski definition) is 4. The molecule has 4 N–H and O–H groups in total. The number of nitrogens with zero attached hydrogens (tertiary/aromatic N) is 2. The second-order valence-corrected chi connectivity index (χ2v) is 11.0. The lowest BCUT2D eigenvalue weighted by molar-refractivity contribution is -0.137. The summed E-state index contributed by atoms with van der Waals surface area (Å²) < 4.78 is 50.4. The number of aliphatic hydroxyl groups is 1. The largest absolute Gasteiger partial charge is 0.497 e. The molecule has 14 heteroatoms. The molecule has 1 aliphatic rings. The molecule has 5 amide bonds. The molecule has 0 aliphatic carbocycles. The fourth-order valence-corrected chi connectivity index (χ4v) is 4.83. The van der Waals surface area contributed by atoms with Crippen molar-refractivity contribution >= 4 is 35.0 Å². The van der Waals surface area contributed by atoms with Crippen LogP contribution in [0.4, 0.5) is 39.8 Å². The van der Waals surface area contributed by atoms with Gasteiger partial charge in [0.1, 0.15) is 11.9 Å². The highest BCUT2D eigenvalue weighted by Crippen LogP contribution is 2.35. The predicted octanol–water partition coefficient (Wildman–Crippen LogP) is 5.74. The Labute approximate surface area is 264 Å². The molecule has 3 aromatic carbocycles. The minimum absolute atomic E-state index is 0.0470. The molecule has 3 aromatic rings. The summed E-state index contributed by atoms with van der Waals surface area (Å²) in [5.41, 5.74) is 0.0411. The molecule has 0 saturated heterocycles. The lowest BCUT2D eigenvalue weighted by Crippen LogP contribution is -2.50. The van der Waals surface area contributed by atoms with Crippen molar-refractivity contribution in [2.45, 2.75) is 32.2 Å². The van der Waals surface area contributed by atoms with E-state index in [1.165, 1.54) is 21.9 Å². The summed E-state index contributed by atoms with van der Waals surface area (Å²) in [7, 11) is 3.13. The highest BCUT2D eigenvalue weighted by Gasteiger charge is 2.35. The zero-order chi connectivity index (χ0) is 33.6. The number of nitrogens with one attached hydrogen (secondary N) is 3. The number of likely N-dealkylation sites (N-methyl/N-ethyl adjacent to an activating group) is 1. The Morgan fingerprint density at radius 1 is 1.04 bits per heavy atom. The minimum atomic E-state index is -4.52. The van der Waals surface area contributed by atoms with Crippen LogP contribution in [0.5, 0.6) is 11.5 Å². The van der Waals surface area contributed by atoms with E-state index in [-0.39, 0.29) is 48.3 Å². The number of aliphatic hydroxyl groups excluding tert-OH is 1. The Balaban J connectivity index is 1.58. The number of para-hydroxylation sites is 1. The van der Waals surface area contributed by atoms with Crippen LogP contribution in [-0.4, -0.2) is 78.9 Å². The third-order valence-corrected chi connectivity index (χ3v) is 7.55. The molecule has 0 aromatic heterocycles. The van der Waals surface area contributed by atoms with E-state index in [4.69, 9.17) is 9.47 Å². The van der Waals surface area contributed by atoms with Crippen molar-refractivity contribution in [3.8, 4) is 11.5 Å². The van der Waals surface area contributed by atoms with E-state index in [2.05, 4.69) is 16.0 Å². The SMILES string of the molecule is COc1ccc(NC(=O)N(C)C[C@H]2Oc3c(NC(=O)Nc4ccc(C(F)(F)F)cc4)cccc3C(=O)N([C@H](C)CO)C[C@@H]2C)cc1. The van der Waals surface area contributed by atoms with Crippen molar-refractivity contribution in [1.82, 2.24) is 9.80 Å². The van der Waals surface area contributed by atoms with Gasteiger partial charge in [-0.1, -0.05) is 13.0 Å². The summed E-state index contributed by atoms with van der Waals surface area (Å²) in [5, 5.41) is 17.8. The Bertz CT molecular complexity index is 1530. The number of hydrogen-bond acceptors (Lipinski definition) is 6. The summed E-state index contributed by atoms with van der Waals surface area (Å²) in [5.74, 6) is -0.0863. The average Bonchev–Trinajstić information content (AvgIpc) is 3.02. The van der Waals surface area contributed by atoms with Gasteiger partial charge in [0.2, 0.25) is 0 Å². The van der Waals surface area contributed by atoms with Gasteiger partial charge in [-0.2, -0.15) is 13.2 Å². The molecule has 4 rings (SSSR count). The number of methoxy groups -OCH3 is 1. The number of urea groups is 2. The van der Waals surface area contributed by atoms with E-state index >= 15 is 0 Å². The predicted molar refractivity (Wildman–Crippen MR) is 166 cm³/mol. The number of alkyl halides is 3. The third-order valence-electron chi connectivity index (χ3n) is 7.55. The lowest BCUT2D eigenvalue weighted by atomic mass is 9.99. The van der Waals surface area contributed by atoms with Gasteiger partial charge < -0.3 is 40.3 Å². The van der Waals surface area contributed by atoms with E-state index < -0.39 is 41.9 Å². The van der Waals surface area contributed by atoms with Gasteiger partial charge in [-0.05, 0) is 67.6 Å². The summed E-state index contributed by atoms with van der Waals surface area (Å²) in [6.07, 6.45) is -5.20. The van der Waals surface area contributed by atoms with Gasteiger partial charge in [0.05, 0.1) is 43.1 Å². The van der Waals surface area contributed by atoms with Gasteiger partial charge in [0, 0.05) is 30.9 Å². The first kappa shape index (κ1) is 33.9. The molecule has 0 fully saturated rings. The molecule has 0 bridgehead atoms. The zero-order valence-corrected chi connectivity index (χ0v) is 25.7. The second-order valence-electron chi connectivity index (χ2n) is 11.0. The Morgan fingerprint density at radius 2 is 1.67 bits per heavy atom. The van der Waals surface area contributed by atoms with Crippen LogP contribution in [0.15, 0.2) is 66.7 Å². The number of ether oxygens (including phenoxy) is 2. The van der Waals surface area contributed by atoms with E-state index in [9.17, 15) is 32.7 Å². The van der Waals surface area contributed by atoms with Gasteiger partial charge in [-0.25, -0.2) is 9.59 Å². The average molecular weight is 644 g/mol. The summed E-state index contributed by atoms with van der Waals surface area (Å²) in [6, 6.07) is 13.6. The van der Waals surface area contributed by atoms with Crippen LogP contribution in [0, 0.1) is 5.92 Å². The molecule has 0 saturated carbocycles. The van der Waals surface area contributed by atoms with Crippen molar-refractivity contribution in [3.63, 3.8) is 0 Å². The minimum Gasteiger partial charge on any atom is -0.497 e. The quantitative estimate of drug-likeness (QED) is 0.248. The van der Waals surface area contributed by atoms with Crippen LogP contribution in [0.3, 0.4) is 0 Å². The highest BCUT2D eigenvalue weighted by atomic mass is 19.4. The van der Waals surface area contributed by atoms with Crippen LogP contribution >= 0.6 is 0 Å². The first-order valence-electron chi connectivity index (χ1n) is 14.4. The molecule has 1 aliphatic heterocycles. The summed E-state index contributed by atoms with van der Waals surface area (Å²) >= 11 is 0. The topological polar surface area (TPSA) is 132 Å². The first-order chi connectivity index (χ1) is 21.8. The van der Waals surface area contributed by atoms with E-state index in [1.807, 2.05) is 6.92 Å². The fraction of sp³-hybridized carbons (Fsp3) is 0.344. The Hall–Kier alpha value is -4.98. The number of fused-ring (bicyclic) bond motifs is 1. The smallest absolute Gasteiger partial charge is 0.416 e. The normalized spacial score (nSPS) is 17.0. The third kappa shape index (κ3) is 8.18. The summed E-state index contributed by atoms with van der Waals surface area (Å²) in [6.45, 7) is 3.56. The lowest BCUT2D eigenvalue weighted by Gasteiger charge is -2.38. The van der Waals surface area contributed by atoms with Gasteiger partial charge in [0.25, 0.3) is 5.91 Å². The van der Waals surface area contributed by atoms with Crippen molar-refractivity contribution in [2.75, 3.05) is 49.8 Å². The maximum absolute atomic E-state index is 13.7. The van der Waals surface area contributed by atoms with Gasteiger partial charge in [-0.3, -0.25) is 4.79 Å². The molecular weight excluding hydrogens is 607 g/mol. The second kappa shape index (κ2) is 14.4. The number of benzene rings is 3. The molecular formula is C32H36F3N5O6. The van der Waals surface area contributed by atoms with Crippen LogP contribution < -0.4 is 25.4 Å². The van der Waals surface area contributed by atoms with Crippen LogP contribution in [0.25, 0.3) is 0 Å².